The molecule has 0 saturated heterocycles. The monoisotopic (exact) mass is 292 g/mol. The molecule has 0 amide bonds. The molecule has 82 valence electrons. The highest BCUT2D eigenvalue weighted by Crippen LogP contribution is 2.24. The molecule has 2 N–H and O–H groups in total. The van der Waals surface area contributed by atoms with E-state index in [9.17, 15) is 4.79 Å². The molecule has 15 heavy (non-hydrogen) atoms. The number of nitrogens with two attached hydrogens (primary N) is 1. The van der Waals surface area contributed by atoms with E-state index in [1.165, 1.54) is 0 Å². The standard InChI is InChI=1S/C9H10BrClN2O2/c1-2-15-8(14)4-7-6(12)3-5(11)9(10)13-7/h3H,2,4,12H2,1H3. The zero-order valence-electron chi connectivity index (χ0n) is 8.09. The van der Waals surface area contributed by atoms with E-state index in [-0.39, 0.29) is 12.4 Å². The SMILES string of the molecule is CCOC(=O)Cc1nc(Br)c(Cl)cc1N. The van der Waals surface area contributed by atoms with Crippen LogP contribution in [0.25, 0.3) is 0 Å². The number of anilines is 1. The van der Waals surface area contributed by atoms with Crippen LogP contribution in [-0.4, -0.2) is 17.6 Å². The number of ether oxygens (including phenoxy) is 1. The molecule has 0 aromatic carbocycles. The summed E-state index contributed by atoms with van der Waals surface area (Å²) in [7, 11) is 0. The van der Waals surface area contributed by atoms with Crippen LogP contribution in [0.5, 0.6) is 0 Å². The lowest BCUT2D eigenvalue weighted by atomic mass is 10.2. The van der Waals surface area contributed by atoms with Crippen LogP contribution in [-0.2, 0) is 16.0 Å². The quantitative estimate of drug-likeness (QED) is 0.685. The molecule has 0 unspecified atom stereocenters. The fraction of sp³-hybridized carbons (Fsp3) is 0.333. The van der Waals surface area contributed by atoms with Crippen molar-refractivity contribution in [1.82, 2.24) is 4.98 Å². The maximum Gasteiger partial charge on any atom is 0.311 e. The van der Waals surface area contributed by atoms with E-state index in [2.05, 4.69) is 20.9 Å². The second-order valence-electron chi connectivity index (χ2n) is 2.78. The molecular formula is C9H10BrClN2O2. The van der Waals surface area contributed by atoms with E-state index < -0.39 is 0 Å². The predicted octanol–water partition coefficient (Wildman–Crippen LogP) is 2.19. The minimum absolute atomic E-state index is 0.0510. The average molecular weight is 294 g/mol. The van der Waals surface area contributed by atoms with E-state index >= 15 is 0 Å². The Kier molecular flexibility index (Phi) is 4.35. The Bertz CT molecular complexity index is 385. The van der Waals surface area contributed by atoms with Crippen molar-refractivity contribution >= 4 is 39.2 Å². The van der Waals surface area contributed by atoms with Gasteiger partial charge < -0.3 is 10.5 Å². The lowest BCUT2D eigenvalue weighted by Gasteiger charge is -2.06. The molecule has 0 bridgehead atoms. The first-order chi connectivity index (χ1) is 7.04. The van der Waals surface area contributed by atoms with Crippen molar-refractivity contribution in [3.8, 4) is 0 Å². The van der Waals surface area contributed by atoms with Gasteiger partial charge in [0.2, 0.25) is 0 Å². The Labute approximate surface area is 101 Å². The third kappa shape index (κ3) is 3.35. The van der Waals surface area contributed by atoms with Crippen molar-refractivity contribution < 1.29 is 9.53 Å². The number of nitrogens with zero attached hydrogens (tertiary/aromatic N) is 1. The van der Waals surface area contributed by atoms with Crippen LogP contribution in [0.4, 0.5) is 5.69 Å². The highest BCUT2D eigenvalue weighted by Gasteiger charge is 2.11. The van der Waals surface area contributed by atoms with Crippen molar-refractivity contribution in [2.24, 2.45) is 0 Å². The maximum absolute atomic E-state index is 11.2. The molecule has 4 nitrogen and oxygen atoms in total. The highest BCUT2D eigenvalue weighted by molar-refractivity contribution is 9.10. The van der Waals surface area contributed by atoms with Crippen LogP contribution in [0.2, 0.25) is 5.02 Å². The van der Waals surface area contributed by atoms with Crippen LogP contribution < -0.4 is 5.73 Å². The Morgan fingerprint density at radius 2 is 2.40 bits per heavy atom. The van der Waals surface area contributed by atoms with E-state index in [1.54, 1.807) is 13.0 Å². The fourth-order valence-corrected chi connectivity index (χ4v) is 1.49. The van der Waals surface area contributed by atoms with E-state index in [0.29, 0.717) is 27.6 Å². The van der Waals surface area contributed by atoms with Crippen LogP contribution in [0, 0.1) is 0 Å². The molecule has 1 rings (SSSR count). The second-order valence-corrected chi connectivity index (χ2v) is 3.94. The van der Waals surface area contributed by atoms with Crippen molar-refractivity contribution in [2.45, 2.75) is 13.3 Å². The summed E-state index contributed by atoms with van der Waals surface area (Å²) in [6, 6.07) is 1.55. The number of nitrogen functional groups attached to an aromatic ring is 1. The minimum atomic E-state index is -0.356. The number of rotatable bonds is 3. The van der Waals surface area contributed by atoms with E-state index in [1.807, 2.05) is 0 Å². The van der Waals surface area contributed by atoms with Crippen molar-refractivity contribution in [3.63, 3.8) is 0 Å². The van der Waals surface area contributed by atoms with Crippen LogP contribution in [0.3, 0.4) is 0 Å². The summed E-state index contributed by atoms with van der Waals surface area (Å²) in [6.45, 7) is 2.08. The first-order valence-electron chi connectivity index (χ1n) is 4.30. The van der Waals surface area contributed by atoms with Gasteiger partial charge in [0.1, 0.15) is 4.60 Å². The molecule has 0 aliphatic carbocycles. The molecule has 0 atom stereocenters. The lowest BCUT2D eigenvalue weighted by molar-refractivity contribution is -0.142. The first kappa shape index (κ1) is 12.3. The summed E-state index contributed by atoms with van der Waals surface area (Å²) in [5.74, 6) is -0.356. The summed E-state index contributed by atoms with van der Waals surface area (Å²) in [5, 5.41) is 0.417. The Hall–Kier alpha value is -0.810. The third-order valence-corrected chi connectivity index (χ3v) is 2.78. The third-order valence-electron chi connectivity index (χ3n) is 1.66. The molecule has 1 heterocycles. The summed E-state index contributed by atoms with van der Waals surface area (Å²) in [4.78, 5) is 15.2. The molecule has 0 saturated carbocycles. The van der Waals surface area contributed by atoms with Gasteiger partial charge in [-0.1, -0.05) is 11.6 Å². The van der Waals surface area contributed by atoms with Crippen LogP contribution >= 0.6 is 27.5 Å². The summed E-state index contributed by atoms with van der Waals surface area (Å²) < 4.78 is 5.26. The van der Waals surface area contributed by atoms with Crippen molar-refractivity contribution in [2.75, 3.05) is 12.3 Å². The number of esters is 1. The molecule has 0 aliphatic heterocycles. The number of pyridine rings is 1. The van der Waals surface area contributed by atoms with E-state index in [0.717, 1.165) is 0 Å². The van der Waals surface area contributed by atoms with Gasteiger partial charge >= 0.3 is 5.97 Å². The van der Waals surface area contributed by atoms with Gasteiger partial charge in [-0.25, -0.2) is 4.98 Å². The van der Waals surface area contributed by atoms with Gasteiger partial charge in [-0.2, -0.15) is 0 Å². The number of hydrogen-bond donors (Lipinski definition) is 1. The average Bonchev–Trinajstić information content (AvgIpc) is 2.14. The lowest BCUT2D eigenvalue weighted by Crippen LogP contribution is -2.11. The number of carbonyl (C=O) groups excluding carboxylic acids is 1. The van der Waals surface area contributed by atoms with Gasteiger partial charge in [-0.05, 0) is 28.9 Å². The number of aromatic nitrogens is 1. The van der Waals surface area contributed by atoms with Gasteiger partial charge in [-0.3, -0.25) is 4.79 Å². The minimum Gasteiger partial charge on any atom is -0.466 e. The molecule has 0 fully saturated rings. The highest BCUT2D eigenvalue weighted by atomic mass is 79.9. The van der Waals surface area contributed by atoms with Gasteiger partial charge in [-0.15, -0.1) is 0 Å². The molecule has 1 aromatic heterocycles. The maximum atomic E-state index is 11.2. The molecule has 6 heteroatoms. The van der Waals surface area contributed by atoms with Crippen molar-refractivity contribution in [3.05, 3.63) is 21.4 Å². The van der Waals surface area contributed by atoms with Gasteiger partial charge in [0.05, 0.1) is 29.4 Å². The van der Waals surface area contributed by atoms with E-state index in [4.69, 9.17) is 22.1 Å². The summed E-state index contributed by atoms with van der Waals surface area (Å²) in [6.07, 6.45) is 0.0510. The topological polar surface area (TPSA) is 65.2 Å². The zero-order chi connectivity index (χ0) is 11.4. The zero-order valence-corrected chi connectivity index (χ0v) is 10.4. The molecular weight excluding hydrogens is 283 g/mol. The van der Waals surface area contributed by atoms with Crippen LogP contribution in [0.1, 0.15) is 12.6 Å². The normalized spacial score (nSPS) is 10.1. The molecule has 0 radical (unpaired) electrons. The number of halogens is 2. The summed E-state index contributed by atoms with van der Waals surface area (Å²) in [5.41, 5.74) is 6.51. The second kappa shape index (κ2) is 5.32. The van der Waals surface area contributed by atoms with Gasteiger partial charge in [0.25, 0.3) is 0 Å². The molecule has 0 spiro atoms. The molecule has 1 aromatic rings. The Morgan fingerprint density at radius 3 is 3.00 bits per heavy atom. The first-order valence-corrected chi connectivity index (χ1v) is 5.47. The fourth-order valence-electron chi connectivity index (χ4n) is 1.01. The molecule has 0 aliphatic rings. The largest absolute Gasteiger partial charge is 0.466 e. The predicted molar refractivity (Wildman–Crippen MR) is 61.7 cm³/mol. The smallest absolute Gasteiger partial charge is 0.311 e. The summed E-state index contributed by atoms with van der Waals surface area (Å²) >= 11 is 8.94. The number of hydrogen-bond acceptors (Lipinski definition) is 4. The number of carbonyl (C=O) groups is 1. The van der Waals surface area contributed by atoms with Gasteiger partial charge in [0.15, 0.2) is 0 Å². The Morgan fingerprint density at radius 1 is 1.73 bits per heavy atom. The van der Waals surface area contributed by atoms with Gasteiger partial charge in [0, 0.05) is 0 Å². The Balaban J connectivity index is 2.86. The van der Waals surface area contributed by atoms with Crippen LogP contribution in [0.15, 0.2) is 10.7 Å². The van der Waals surface area contributed by atoms with Crippen molar-refractivity contribution in [1.29, 1.82) is 0 Å².